The highest BCUT2D eigenvalue weighted by Crippen LogP contribution is 2.16. The molecule has 0 N–H and O–H groups in total. The van der Waals surface area contributed by atoms with Crippen molar-refractivity contribution in [3.63, 3.8) is 0 Å². The van der Waals surface area contributed by atoms with Crippen LogP contribution in [0, 0.1) is 0 Å². The Morgan fingerprint density at radius 1 is 1.29 bits per heavy atom. The van der Waals surface area contributed by atoms with Gasteiger partial charge in [-0.3, -0.25) is 0 Å². The van der Waals surface area contributed by atoms with Gasteiger partial charge in [-0.15, -0.1) is 5.10 Å². The zero-order valence-corrected chi connectivity index (χ0v) is 11.2. The molecule has 0 saturated carbocycles. The summed E-state index contributed by atoms with van der Waals surface area (Å²) in [6.07, 6.45) is 0. The van der Waals surface area contributed by atoms with E-state index < -0.39 is 5.76 Å². The SMILES string of the molecule is COCc1nn(Cc2noc(-c3ccccc3)n2)c(=O)o1. The fraction of sp³-hybridized carbons (Fsp3) is 0.231. The fourth-order valence-electron chi connectivity index (χ4n) is 1.78. The van der Waals surface area contributed by atoms with E-state index in [2.05, 4.69) is 15.2 Å². The van der Waals surface area contributed by atoms with Crippen molar-refractivity contribution in [3.05, 3.63) is 52.6 Å². The van der Waals surface area contributed by atoms with E-state index in [1.807, 2.05) is 30.3 Å². The summed E-state index contributed by atoms with van der Waals surface area (Å²) in [5, 5.41) is 7.79. The summed E-state index contributed by atoms with van der Waals surface area (Å²) in [6, 6.07) is 9.36. The Balaban J connectivity index is 1.80. The third kappa shape index (κ3) is 2.90. The second kappa shape index (κ2) is 5.71. The Bertz CT molecular complexity index is 775. The average molecular weight is 288 g/mol. The molecule has 0 aliphatic carbocycles. The molecular weight excluding hydrogens is 276 g/mol. The van der Waals surface area contributed by atoms with Crippen LogP contribution >= 0.6 is 0 Å². The van der Waals surface area contributed by atoms with Gasteiger partial charge in [0.2, 0.25) is 5.89 Å². The summed E-state index contributed by atoms with van der Waals surface area (Å²) < 4.78 is 16.0. The van der Waals surface area contributed by atoms with Gasteiger partial charge >= 0.3 is 5.76 Å². The molecule has 3 aromatic rings. The van der Waals surface area contributed by atoms with Crippen molar-refractivity contribution in [1.29, 1.82) is 0 Å². The molecule has 3 rings (SSSR count). The molecule has 21 heavy (non-hydrogen) atoms. The van der Waals surface area contributed by atoms with Crippen LogP contribution in [0.1, 0.15) is 11.7 Å². The van der Waals surface area contributed by atoms with Crippen LogP contribution in [0.4, 0.5) is 0 Å². The first-order valence-corrected chi connectivity index (χ1v) is 6.20. The lowest BCUT2D eigenvalue weighted by Crippen LogP contribution is -2.17. The van der Waals surface area contributed by atoms with Crippen LogP contribution in [-0.4, -0.2) is 27.0 Å². The van der Waals surface area contributed by atoms with Gasteiger partial charge in [-0.05, 0) is 12.1 Å². The standard InChI is InChI=1S/C13H12N4O4/c1-19-8-11-15-17(13(18)20-11)7-10-14-12(21-16-10)9-5-3-2-4-6-9/h2-6H,7-8H2,1H3. The number of aromatic nitrogens is 4. The van der Waals surface area contributed by atoms with Gasteiger partial charge in [0.1, 0.15) is 13.2 Å². The number of methoxy groups -OCH3 is 1. The molecule has 0 radical (unpaired) electrons. The van der Waals surface area contributed by atoms with Gasteiger partial charge in [0.05, 0.1) is 0 Å². The van der Waals surface area contributed by atoms with Crippen molar-refractivity contribution < 1.29 is 13.7 Å². The summed E-state index contributed by atoms with van der Waals surface area (Å²) in [6.45, 7) is 0.201. The molecule has 108 valence electrons. The normalized spacial score (nSPS) is 10.9. The van der Waals surface area contributed by atoms with E-state index in [-0.39, 0.29) is 19.0 Å². The van der Waals surface area contributed by atoms with Crippen molar-refractivity contribution >= 4 is 0 Å². The van der Waals surface area contributed by atoms with Gasteiger partial charge in [0.15, 0.2) is 5.82 Å². The highest BCUT2D eigenvalue weighted by atomic mass is 16.5. The van der Waals surface area contributed by atoms with E-state index in [0.29, 0.717) is 11.7 Å². The summed E-state index contributed by atoms with van der Waals surface area (Å²) in [4.78, 5) is 15.8. The van der Waals surface area contributed by atoms with Crippen molar-refractivity contribution in [2.24, 2.45) is 0 Å². The third-order valence-corrected chi connectivity index (χ3v) is 2.70. The molecule has 1 aromatic carbocycles. The molecule has 2 aromatic heterocycles. The maximum Gasteiger partial charge on any atom is 0.437 e. The van der Waals surface area contributed by atoms with Crippen LogP contribution < -0.4 is 5.76 Å². The first-order chi connectivity index (χ1) is 10.3. The Kier molecular flexibility index (Phi) is 3.61. The molecule has 8 nitrogen and oxygen atoms in total. The second-order valence-electron chi connectivity index (χ2n) is 4.23. The predicted octanol–water partition coefficient (Wildman–Crippen LogP) is 1.08. The predicted molar refractivity (Wildman–Crippen MR) is 70.3 cm³/mol. The zero-order valence-electron chi connectivity index (χ0n) is 11.2. The van der Waals surface area contributed by atoms with Crippen LogP contribution in [0.2, 0.25) is 0 Å². The van der Waals surface area contributed by atoms with Crippen LogP contribution in [0.25, 0.3) is 11.5 Å². The second-order valence-corrected chi connectivity index (χ2v) is 4.23. The van der Waals surface area contributed by atoms with Crippen LogP contribution in [-0.2, 0) is 17.9 Å². The summed E-state index contributed by atoms with van der Waals surface area (Å²) in [5.41, 5.74) is 0.809. The molecule has 0 unspecified atom stereocenters. The molecule has 0 atom stereocenters. The van der Waals surface area contributed by atoms with Gasteiger partial charge in [0.25, 0.3) is 5.89 Å². The molecule has 0 aliphatic rings. The molecule has 0 aliphatic heterocycles. The van der Waals surface area contributed by atoms with E-state index in [0.717, 1.165) is 10.2 Å². The Morgan fingerprint density at radius 2 is 2.10 bits per heavy atom. The van der Waals surface area contributed by atoms with Gasteiger partial charge in [-0.2, -0.15) is 9.67 Å². The summed E-state index contributed by atoms with van der Waals surface area (Å²) in [7, 11) is 1.49. The zero-order chi connectivity index (χ0) is 14.7. The Morgan fingerprint density at radius 3 is 2.86 bits per heavy atom. The lowest BCUT2D eigenvalue weighted by molar-refractivity contribution is 0.158. The molecule has 0 bridgehead atoms. The molecule has 0 fully saturated rings. The lowest BCUT2D eigenvalue weighted by atomic mass is 10.2. The maximum absolute atomic E-state index is 11.6. The van der Waals surface area contributed by atoms with Crippen molar-refractivity contribution in [3.8, 4) is 11.5 Å². The van der Waals surface area contributed by atoms with E-state index in [9.17, 15) is 4.79 Å². The third-order valence-electron chi connectivity index (χ3n) is 2.70. The molecule has 0 amide bonds. The minimum atomic E-state index is -0.590. The lowest BCUT2D eigenvalue weighted by Gasteiger charge is -1.92. The van der Waals surface area contributed by atoms with E-state index >= 15 is 0 Å². The summed E-state index contributed by atoms with van der Waals surface area (Å²) >= 11 is 0. The summed E-state index contributed by atoms with van der Waals surface area (Å²) in [5.74, 6) is 0.342. The number of hydrogen-bond donors (Lipinski definition) is 0. The van der Waals surface area contributed by atoms with Crippen molar-refractivity contribution in [1.82, 2.24) is 19.9 Å². The first-order valence-electron chi connectivity index (χ1n) is 6.20. The highest BCUT2D eigenvalue weighted by Gasteiger charge is 2.13. The number of rotatable bonds is 5. The van der Waals surface area contributed by atoms with Crippen LogP contribution in [0.15, 0.2) is 44.1 Å². The average Bonchev–Trinajstić information content (AvgIpc) is 3.09. The van der Waals surface area contributed by atoms with E-state index in [1.165, 1.54) is 7.11 Å². The molecule has 0 spiro atoms. The van der Waals surface area contributed by atoms with E-state index in [4.69, 9.17) is 13.7 Å². The highest BCUT2D eigenvalue weighted by molar-refractivity contribution is 5.51. The number of benzene rings is 1. The van der Waals surface area contributed by atoms with Crippen molar-refractivity contribution in [2.45, 2.75) is 13.2 Å². The minimum absolute atomic E-state index is 0.0718. The van der Waals surface area contributed by atoms with Crippen LogP contribution in [0.3, 0.4) is 0 Å². The number of nitrogens with zero attached hydrogens (tertiary/aromatic N) is 4. The molecule has 8 heteroatoms. The Labute approximate surface area is 119 Å². The van der Waals surface area contributed by atoms with Gasteiger partial charge < -0.3 is 13.7 Å². The van der Waals surface area contributed by atoms with Gasteiger partial charge in [0, 0.05) is 12.7 Å². The largest absolute Gasteiger partial charge is 0.437 e. The van der Waals surface area contributed by atoms with Gasteiger partial charge in [-0.1, -0.05) is 23.4 Å². The molecule has 0 saturated heterocycles. The van der Waals surface area contributed by atoms with Gasteiger partial charge in [-0.25, -0.2) is 4.79 Å². The molecular formula is C13H12N4O4. The molecule has 2 heterocycles. The van der Waals surface area contributed by atoms with E-state index in [1.54, 1.807) is 0 Å². The quantitative estimate of drug-likeness (QED) is 0.693. The minimum Gasteiger partial charge on any atom is -0.390 e. The smallest absolute Gasteiger partial charge is 0.390 e. The number of hydrogen-bond acceptors (Lipinski definition) is 7. The Hall–Kier alpha value is -2.74. The monoisotopic (exact) mass is 288 g/mol. The van der Waals surface area contributed by atoms with Crippen molar-refractivity contribution in [2.75, 3.05) is 7.11 Å². The topological polar surface area (TPSA) is 96.2 Å². The van der Waals surface area contributed by atoms with Crippen LogP contribution in [0.5, 0.6) is 0 Å². The maximum atomic E-state index is 11.6. The fourth-order valence-corrected chi connectivity index (χ4v) is 1.78. The first kappa shape index (κ1) is 13.3. The number of ether oxygens (including phenoxy) is 1.